The molecule has 0 radical (unpaired) electrons. The molecule has 3 fully saturated rings. The number of hydrogen-bond donors (Lipinski definition) is 4. The first-order valence-electron chi connectivity index (χ1n) is 22.9. The molecule has 1 saturated carbocycles. The van der Waals surface area contributed by atoms with Crippen LogP contribution in [0.1, 0.15) is 79.6 Å². The average Bonchev–Trinajstić information content (AvgIpc) is 3.27. The van der Waals surface area contributed by atoms with E-state index in [0.29, 0.717) is 89.3 Å². The lowest BCUT2D eigenvalue weighted by Gasteiger charge is -2.32. The number of alkyl halides is 6. The predicted molar refractivity (Wildman–Crippen MR) is 239 cm³/mol. The summed E-state index contributed by atoms with van der Waals surface area (Å²) < 4.78 is 103. The van der Waals surface area contributed by atoms with E-state index in [0.717, 1.165) is 25.7 Å². The SMILES string of the molecule is C[C@@H](CNc1ccc(OC(F)(F)F)cc1)NC(=O)O[C@@H](CC(C)(C)C)C(=O)N1CCOCC1.C[C@@H](CNc1ccc(OC(F)(F)F)cc1)NC(=O)O[C@@H](CC1CCCCC1)C(=O)N1CCOCC1. The van der Waals surface area contributed by atoms with E-state index in [-0.39, 0.29) is 47.4 Å². The lowest BCUT2D eigenvalue weighted by Crippen LogP contribution is -2.49. The number of halogens is 6. The summed E-state index contributed by atoms with van der Waals surface area (Å²) >= 11 is 0. The number of rotatable bonds is 17. The fourth-order valence-corrected chi connectivity index (χ4v) is 7.56. The molecule has 2 heterocycles. The third-order valence-electron chi connectivity index (χ3n) is 10.9. The Kier molecular flexibility index (Phi) is 21.4. The van der Waals surface area contributed by atoms with E-state index in [1.807, 2.05) is 20.8 Å². The van der Waals surface area contributed by atoms with Crippen LogP contribution in [0.5, 0.6) is 11.5 Å². The van der Waals surface area contributed by atoms with Crippen LogP contribution in [0.2, 0.25) is 0 Å². The number of hydrogen-bond acceptors (Lipinski definition) is 12. The molecule has 0 aromatic heterocycles. The second-order valence-electron chi connectivity index (χ2n) is 18.2. The summed E-state index contributed by atoms with van der Waals surface area (Å²) in [5.41, 5.74) is 0.890. The Labute approximate surface area is 393 Å². The van der Waals surface area contributed by atoms with Gasteiger partial charge in [0.25, 0.3) is 11.8 Å². The molecule has 4 amide bonds. The third kappa shape index (κ3) is 21.7. The van der Waals surface area contributed by atoms with Crippen molar-refractivity contribution in [1.29, 1.82) is 0 Å². The number of amides is 4. The number of carbonyl (C=O) groups excluding carboxylic acids is 4. The second kappa shape index (κ2) is 26.4. The summed E-state index contributed by atoms with van der Waals surface area (Å²) in [5, 5.41) is 11.4. The molecule has 382 valence electrons. The van der Waals surface area contributed by atoms with Gasteiger partial charge in [-0.3, -0.25) is 9.59 Å². The molecule has 2 aliphatic heterocycles. The molecule has 68 heavy (non-hydrogen) atoms. The van der Waals surface area contributed by atoms with Gasteiger partial charge in [0.2, 0.25) is 0 Å². The van der Waals surface area contributed by atoms with Crippen molar-refractivity contribution in [3.05, 3.63) is 48.5 Å². The zero-order valence-electron chi connectivity index (χ0n) is 39.3. The van der Waals surface area contributed by atoms with Gasteiger partial charge in [-0.25, -0.2) is 9.59 Å². The Balaban J connectivity index is 0.000000297. The van der Waals surface area contributed by atoms with Gasteiger partial charge in [0, 0.05) is 62.7 Å². The zero-order chi connectivity index (χ0) is 49.9. The van der Waals surface area contributed by atoms with E-state index >= 15 is 0 Å². The van der Waals surface area contributed by atoms with Crippen molar-refractivity contribution in [2.75, 3.05) is 76.3 Å². The van der Waals surface area contributed by atoms with Crippen molar-refractivity contribution < 1.29 is 73.9 Å². The first kappa shape index (κ1) is 55.2. The minimum Gasteiger partial charge on any atom is -0.436 e. The zero-order valence-corrected chi connectivity index (χ0v) is 39.3. The molecule has 0 bridgehead atoms. The monoisotopic (exact) mass is 976 g/mol. The van der Waals surface area contributed by atoms with Gasteiger partial charge in [-0.1, -0.05) is 52.9 Å². The smallest absolute Gasteiger partial charge is 0.436 e. The van der Waals surface area contributed by atoms with Crippen LogP contribution in [0.25, 0.3) is 0 Å². The predicted octanol–water partition coefficient (Wildman–Crippen LogP) is 8.09. The van der Waals surface area contributed by atoms with Gasteiger partial charge < -0.3 is 59.5 Å². The first-order chi connectivity index (χ1) is 32.0. The summed E-state index contributed by atoms with van der Waals surface area (Å²) in [6.07, 6.45) is -6.22. The average molecular weight is 977 g/mol. The lowest BCUT2D eigenvalue weighted by molar-refractivity contribution is -0.275. The molecule has 1 aliphatic carbocycles. The van der Waals surface area contributed by atoms with Gasteiger partial charge in [0.1, 0.15) is 11.5 Å². The Morgan fingerprint density at radius 2 is 1.00 bits per heavy atom. The molecule has 2 aromatic carbocycles. The van der Waals surface area contributed by atoms with Crippen molar-refractivity contribution >= 4 is 35.4 Å². The van der Waals surface area contributed by atoms with Gasteiger partial charge in [-0.2, -0.15) is 0 Å². The van der Waals surface area contributed by atoms with Crippen LogP contribution in [0.3, 0.4) is 0 Å². The summed E-state index contributed by atoms with van der Waals surface area (Å²) in [7, 11) is 0. The largest absolute Gasteiger partial charge is 0.573 e. The number of benzene rings is 2. The van der Waals surface area contributed by atoms with E-state index in [9.17, 15) is 45.5 Å². The number of ether oxygens (including phenoxy) is 6. The highest BCUT2D eigenvalue weighted by molar-refractivity contribution is 5.84. The molecule has 3 aliphatic rings. The topological polar surface area (TPSA) is 178 Å². The maximum atomic E-state index is 13.1. The highest BCUT2D eigenvalue weighted by Gasteiger charge is 2.35. The van der Waals surface area contributed by atoms with Crippen LogP contribution >= 0.6 is 0 Å². The fourth-order valence-electron chi connectivity index (χ4n) is 7.56. The highest BCUT2D eigenvalue weighted by atomic mass is 19.4. The molecule has 4 N–H and O–H groups in total. The van der Waals surface area contributed by atoms with Gasteiger partial charge in [-0.05, 0) is 86.6 Å². The maximum absolute atomic E-state index is 13.1. The minimum absolute atomic E-state index is 0.180. The van der Waals surface area contributed by atoms with Crippen LogP contribution in [-0.2, 0) is 28.5 Å². The Hall–Kier alpha value is -5.38. The normalized spacial score (nSPS) is 17.8. The number of carbonyl (C=O) groups is 4. The van der Waals surface area contributed by atoms with E-state index in [4.69, 9.17) is 18.9 Å². The van der Waals surface area contributed by atoms with Crippen molar-refractivity contribution in [3.63, 3.8) is 0 Å². The number of anilines is 2. The Morgan fingerprint density at radius 1 is 0.618 bits per heavy atom. The van der Waals surface area contributed by atoms with Crippen molar-refractivity contribution in [2.24, 2.45) is 11.3 Å². The summed E-state index contributed by atoms with van der Waals surface area (Å²) in [4.78, 5) is 54.4. The Morgan fingerprint density at radius 3 is 1.38 bits per heavy atom. The van der Waals surface area contributed by atoms with Crippen LogP contribution < -0.4 is 30.7 Å². The summed E-state index contributed by atoms with van der Waals surface area (Å²) in [5.74, 6) is -0.699. The summed E-state index contributed by atoms with van der Waals surface area (Å²) in [6, 6.07) is 9.83. The summed E-state index contributed by atoms with van der Waals surface area (Å²) in [6.45, 7) is 13.7. The van der Waals surface area contributed by atoms with Gasteiger partial charge in [0.05, 0.1) is 26.4 Å². The third-order valence-corrected chi connectivity index (χ3v) is 10.9. The molecular weight excluding hydrogens is 911 g/mol. The fraction of sp³-hybridized carbons (Fsp3) is 0.652. The second-order valence-corrected chi connectivity index (χ2v) is 18.2. The van der Waals surface area contributed by atoms with Crippen molar-refractivity contribution in [1.82, 2.24) is 20.4 Å². The molecule has 16 nitrogen and oxygen atoms in total. The molecular formula is C46H66F6N6O10. The van der Waals surface area contributed by atoms with Gasteiger partial charge in [0.15, 0.2) is 12.2 Å². The van der Waals surface area contributed by atoms with E-state index < -0.39 is 37.1 Å². The van der Waals surface area contributed by atoms with Crippen LogP contribution in [0.15, 0.2) is 48.5 Å². The molecule has 2 saturated heterocycles. The number of alkyl carbamates (subject to hydrolysis) is 2. The van der Waals surface area contributed by atoms with Crippen LogP contribution in [-0.4, -0.2) is 137 Å². The molecule has 5 rings (SSSR count). The molecule has 0 spiro atoms. The van der Waals surface area contributed by atoms with Crippen LogP contribution in [0.4, 0.5) is 47.3 Å². The lowest BCUT2D eigenvalue weighted by atomic mass is 9.85. The van der Waals surface area contributed by atoms with Crippen molar-refractivity contribution in [3.8, 4) is 11.5 Å². The van der Waals surface area contributed by atoms with Gasteiger partial charge >= 0.3 is 24.9 Å². The van der Waals surface area contributed by atoms with E-state index in [1.165, 1.54) is 55.0 Å². The molecule has 22 heteroatoms. The van der Waals surface area contributed by atoms with E-state index in [1.54, 1.807) is 23.6 Å². The molecule has 2 aromatic rings. The van der Waals surface area contributed by atoms with Crippen molar-refractivity contribution in [2.45, 2.75) is 117 Å². The number of nitrogens with zero attached hydrogens (tertiary/aromatic N) is 2. The Bertz CT molecular complexity index is 1850. The number of nitrogens with one attached hydrogen (secondary N) is 4. The van der Waals surface area contributed by atoms with Crippen LogP contribution in [0, 0.1) is 11.3 Å². The first-order valence-corrected chi connectivity index (χ1v) is 22.9. The quantitative estimate of drug-likeness (QED) is 0.112. The number of morpholine rings is 2. The van der Waals surface area contributed by atoms with E-state index in [2.05, 4.69) is 30.7 Å². The maximum Gasteiger partial charge on any atom is 0.573 e. The highest BCUT2D eigenvalue weighted by Crippen LogP contribution is 2.30. The minimum atomic E-state index is -4.75. The standard InChI is InChI=1S/C24H34F3N3O5.C22H32F3N3O5/c1-17(16-28-19-7-9-20(10-8-19)35-24(25,26)27)29-23(32)34-21(15-18-5-3-2-4-6-18)22(31)30-11-13-33-14-12-30;1-15(14-26-16-5-7-17(8-6-16)33-22(23,24)25)27-20(30)32-18(13-21(2,3)4)19(29)28-9-11-31-12-10-28/h7-10,17-18,21,28H,2-6,11-16H2,1H3,(H,29,32);5-8,15,18,26H,9-14H2,1-4H3,(H,27,30)/t17-,21-;15-,18-/m00/s1. The molecule has 4 atom stereocenters. The molecule has 0 unspecified atom stereocenters. The van der Waals surface area contributed by atoms with Gasteiger partial charge in [-0.15, -0.1) is 26.3 Å².